The van der Waals surface area contributed by atoms with Crippen molar-refractivity contribution < 1.29 is 4.74 Å². The molecule has 1 N–H and O–H groups in total. The quantitative estimate of drug-likeness (QED) is 0.822. The van der Waals surface area contributed by atoms with Crippen LogP contribution in [0.15, 0.2) is 18.3 Å². The lowest BCUT2D eigenvalue weighted by Gasteiger charge is -2.35. The van der Waals surface area contributed by atoms with Gasteiger partial charge in [0.2, 0.25) is 0 Å². The third-order valence-corrected chi connectivity index (χ3v) is 2.94. The Labute approximate surface area is 95.3 Å². The number of aromatic nitrogens is 1. The lowest BCUT2D eigenvalue weighted by atomic mass is 9.92. The normalized spacial score (nSPS) is 18.8. The van der Waals surface area contributed by atoms with Crippen molar-refractivity contribution in [2.75, 3.05) is 18.5 Å². The minimum atomic E-state index is -0.0157. The van der Waals surface area contributed by atoms with E-state index in [0.29, 0.717) is 11.4 Å². The highest BCUT2D eigenvalue weighted by molar-refractivity contribution is 5.52. The van der Waals surface area contributed by atoms with Gasteiger partial charge in [0.25, 0.3) is 0 Å². The van der Waals surface area contributed by atoms with Crippen LogP contribution in [0.1, 0.15) is 25.3 Å². The largest absolute Gasteiger partial charge is 0.381 e. The molecule has 1 aliphatic rings. The summed E-state index contributed by atoms with van der Waals surface area (Å²) >= 11 is 0. The van der Waals surface area contributed by atoms with Crippen molar-refractivity contribution in [1.29, 1.82) is 5.26 Å². The number of rotatable bonds is 2. The van der Waals surface area contributed by atoms with E-state index in [9.17, 15) is 0 Å². The van der Waals surface area contributed by atoms with Crippen LogP contribution in [0.3, 0.4) is 0 Å². The molecule has 0 spiro atoms. The Morgan fingerprint density at radius 1 is 1.50 bits per heavy atom. The van der Waals surface area contributed by atoms with Crippen LogP contribution in [-0.2, 0) is 4.74 Å². The van der Waals surface area contributed by atoms with Crippen LogP contribution >= 0.6 is 0 Å². The zero-order valence-corrected chi connectivity index (χ0v) is 9.36. The molecule has 4 nitrogen and oxygen atoms in total. The van der Waals surface area contributed by atoms with E-state index in [4.69, 9.17) is 10.00 Å². The summed E-state index contributed by atoms with van der Waals surface area (Å²) in [5, 5.41) is 12.3. The van der Waals surface area contributed by atoms with Crippen molar-refractivity contribution in [2.24, 2.45) is 0 Å². The maximum Gasteiger partial charge on any atom is 0.144 e. The standard InChI is InChI=1S/C12H15N3O/c1-12(4-7-16-8-5-12)15-11-10(9-13)3-2-6-14-11/h2-3,6H,4-5,7-8H2,1H3,(H,14,15). The van der Waals surface area contributed by atoms with Gasteiger partial charge in [-0.1, -0.05) is 0 Å². The molecule has 0 saturated carbocycles. The summed E-state index contributed by atoms with van der Waals surface area (Å²) in [5.74, 6) is 0.675. The Hall–Kier alpha value is -1.60. The molecule has 1 fully saturated rings. The molecule has 1 saturated heterocycles. The van der Waals surface area contributed by atoms with Crippen LogP contribution in [0.5, 0.6) is 0 Å². The predicted molar refractivity (Wildman–Crippen MR) is 61.0 cm³/mol. The number of anilines is 1. The first-order valence-corrected chi connectivity index (χ1v) is 5.45. The topological polar surface area (TPSA) is 57.9 Å². The van der Waals surface area contributed by atoms with E-state index in [1.54, 1.807) is 18.3 Å². The first-order valence-electron chi connectivity index (χ1n) is 5.45. The molecule has 0 atom stereocenters. The Morgan fingerprint density at radius 2 is 2.25 bits per heavy atom. The molecule has 0 unspecified atom stereocenters. The van der Waals surface area contributed by atoms with Gasteiger partial charge in [0.1, 0.15) is 11.9 Å². The number of hydrogen-bond donors (Lipinski definition) is 1. The average molecular weight is 217 g/mol. The van der Waals surface area contributed by atoms with E-state index in [1.807, 2.05) is 0 Å². The molecule has 4 heteroatoms. The zero-order chi connectivity index (χ0) is 11.4. The molecule has 2 heterocycles. The van der Waals surface area contributed by atoms with E-state index in [-0.39, 0.29) is 5.54 Å². The summed E-state index contributed by atoms with van der Waals surface area (Å²) in [6.07, 6.45) is 3.58. The maximum absolute atomic E-state index is 8.98. The molecule has 0 aliphatic carbocycles. The lowest BCUT2D eigenvalue weighted by Crippen LogP contribution is -2.41. The number of nitrogens with zero attached hydrogens (tertiary/aromatic N) is 2. The summed E-state index contributed by atoms with van der Waals surface area (Å²) in [5.41, 5.74) is 0.577. The molecule has 0 radical (unpaired) electrons. The van der Waals surface area contributed by atoms with Crippen LogP contribution in [0.4, 0.5) is 5.82 Å². The molecule has 0 amide bonds. The van der Waals surface area contributed by atoms with E-state index in [0.717, 1.165) is 26.1 Å². The molecule has 0 bridgehead atoms. The summed E-state index contributed by atoms with van der Waals surface area (Å²) in [4.78, 5) is 4.21. The van der Waals surface area contributed by atoms with Crippen molar-refractivity contribution in [1.82, 2.24) is 4.98 Å². The molecule has 1 aromatic heterocycles. The Kier molecular flexibility index (Phi) is 3.07. The fourth-order valence-electron chi connectivity index (χ4n) is 1.83. The minimum absolute atomic E-state index is 0.0157. The highest BCUT2D eigenvalue weighted by Crippen LogP contribution is 2.25. The first kappa shape index (κ1) is 10.9. The SMILES string of the molecule is CC1(Nc2ncccc2C#N)CCOCC1. The van der Waals surface area contributed by atoms with Crippen LogP contribution in [0.2, 0.25) is 0 Å². The van der Waals surface area contributed by atoms with Crippen LogP contribution < -0.4 is 5.32 Å². The summed E-state index contributed by atoms with van der Waals surface area (Å²) < 4.78 is 5.33. The Balaban J connectivity index is 2.16. The van der Waals surface area contributed by atoms with Crippen molar-refractivity contribution in [3.05, 3.63) is 23.9 Å². The molecule has 0 aromatic carbocycles. The van der Waals surface area contributed by atoms with Gasteiger partial charge in [-0.3, -0.25) is 0 Å². The monoisotopic (exact) mass is 217 g/mol. The number of hydrogen-bond acceptors (Lipinski definition) is 4. The maximum atomic E-state index is 8.98. The highest BCUT2D eigenvalue weighted by atomic mass is 16.5. The van der Waals surface area contributed by atoms with Crippen molar-refractivity contribution in [2.45, 2.75) is 25.3 Å². The van der Waals surface area contributed by atoms with Crippen LogP contribution in [0.25, 0.3) is 0 Å². The third-order valence-electron chi connectivity index (χ3n) is 2.94. The number of ether oxygens (including phenoxy) is 1. The fraction of sp³-hybridized carbons (Fsp3) is 0.500. The molecule has 1 aromatic rings. The molecular weight excluding hydrogens is 202 g/mol. The van der Waals surface area contributed by atoms with E-state index in [1.165, 1.54) is 0 Å². The first-order chi connectivity index (χ1) is 7.73. The van der Waals surface area contributed by atoms with Gasteiger partial charge >= 0.3 is 0 Å². The van der Waals surface area contributed by atoms with E-state index in [2.05, 4.69) is 23.3 Å². The minimum Gasteiger partial charge on any atom is -0.381 e. The summed E-state index contributed by atoms with van der Waals surface area (Å²) in [6, 6.07) is 5.70. The average Bonchev–Trinajstić information content (AvgIpc) is 2.30. The summed E-state index contributed by atoms with van der Waals surface area (Å²) in [6.45, 7) is 3.67. The van der Waals surface area contributed by atoms with E-state index >= 15 is 0 Å². The highest BCUT2D eigenvalue weighted by Gasteiger charge is 2.28. The second-order valence-electron chi connectivity index (χ2n) is 4.31. The van der Waals surface area contributed by atoms with Gasteiger partial charge in [-0.25, -0.2) is 4.98 Å². The van der Waals surface area contributed by atoms with Crippen molar-refractivity contribution in [3.63, 3.8) is 0 Å². The van der Waals surface area contributed by atoms with Gasteiger partial charge in [0.15, 0.2) is 0 Å². The smallest absolute Gasteiger partial charge is 0.144 e. The van der Waals surface area contributed by atoms with Gasteiger partial charge in [0.05, 0.1) is 5.56 Å². The van der Waals surface area contributed by atoms with Gasteiger partial charge < -0.3 is 10.1 Å². The zero-order valence-electron chi connectivity index (χ0n) is 9.36. The molecule has 2 rings (SSSR count). The van der Waals surface area contributed by atoms with E-state index < -0.39 is 0 Å². The number of nitrogens with one attached hydrogen (secondary N) is 1. The second-order valence-corrected chi connectivity index (χ2v) is 4.31. The lowest BCUT2D eigenvalue weighted by molar-refractivity contribution is 0.0657. The molecule has 84 valence electrons. The van der Waals surface area contributed by atoms with Gasteiger partial charge in [0, 0.05) is 24.9 Å². The van der Waals surface area contributed by atoms with Gasteiger partial charge in [-0.2, -0.15) is 5.26 Å². The molecule has 16 heavy (non-hydrogen) atoms. The number of pyridine rings is 1. The fourth-order valence-corrected chi connectivity index (χ4v) is 1.83. The number of nitriles is 1. The van der Waals surface area contributed by atoms with Crippen LogP contribution in [-0.4, -0.2) is 23.7 Å². The molecule has 1 aliphatic heterocycles. The van der Waals surface area contributed by atoms with Crippen LogP contribution in [0, 0.1) is 11.3 Å². The Bertz CT molecular complexity index is 405. The second kappa shape index (κ2) is 4.50. The van der Waals surface area contributed by atoms with Gasteiger partial charge in [-0.15, -0.1) is 0 Å². The van der Waals surface area contributed by atoms with Crippen molar-refractivity contribution in [3.8, 4) is 6.07 Å². The predicted octanol–water partition coefficient (Wildman–Crippen LogP) is 1.93. The Morgan fingerprint density at radius 3 is 2.94 bits per heavy atom. The molecular formula is C12H15N3O. The van der Waals surface area contributed by atoms with Crippen molar-refractivity contribution >= 4 is 5.82 Å². The van der Waals surface area contributed by atoms with Gasteiger partial charge in [-0.05, 0) is 31.9 Å². The third kappa shape index (κ3) is 2.31. The summed E-state index contributed by atoms with van der Waals surface area (Å²) in [7, 11) is 0.